The Bertz CT molecular complexity index is 305. The van der Waals surface area contributed by atoms with Gasteiger partial charge in [-0.15, -0.1) is 0 Å². The van der Waals surface area contributed by atoms with E-state index in [0.717, 1.165) is 0 Å². The SMILES string of the molecule is CC(C)C(=C(C(C)C)C(C(C)C)(C(C)C)C(C)C)C(C)C. The molecule has 0 amide bonds. The molecule has 0 saturated carbocycles. The van der Waals surface area contributed by atoms with E-state index in [9.17, 15) is 0 Å². The molecular weight excluding hydrogens is 252 g/mol. The van der Waals surface area contributed by atoms with E-state index < -0.39 is 0 Å². The van der Waals surface area contributed by atoms with E-state index in [1.54, 1.807) is 11.1 Å². The van der Waals surface area contributed by atoms with Gasteiger partial charge in [0.25, 0.3) is 0 Å². The first kappa shape index (κ1) is 20.7. The molecule has 126 valence electrons. The second kappa shape index (κ2) is 7.84. The highest BCUT2D eigenvalue weighted by Crippen LogP contribution is 2.53. The van der Waals surface area contributed by atoms with Gasteiger partial charge in [-0.2, -0.15) is 0 Å². The van der Waals surface area contributed by atoms with E-state index in [2.05, 4.69) is 83.1 Å². The summed E-state index contributed by atoms with van der Waals surface area (Å²) in [6, 6.07) is 0. The third-order valence-electron chi connectivity index (χ3n) is 5.46. The average molecular weight is 295 g/mol. The summed E-state index contributed by atoms with van der Waals surface area (Å²) in [6.45, 7) is 28.9. The Morgan fingerprint density at radius 2 is 0.762 bits per heavy atom. The van der Waals surface area contributed by atoms with Crippen LogP contribution in [0.1, 0.15) is 83.1 Å². The van der Waals surface area contributed by atoms with Crippen molar-refractivity contribution in [1.82, 2.24) is 0 Å². The van der Waals surface area contributed by atoms with E-state index >= 15 is 0 Å². The number of allylic oxidation sites excluding steroid dienone is 2. The largest absolute Gasteiger partial charge is 0.0651 e. The first-order valence-electron chi connectivity index (χ1n) is 9.16. The molecule has 0 heterocycles. The summed E-state index contributed by atoms with van der Waals surface area (Å²) >= 11 is 0. The predicted molar refractivity (Wildman–Crippen MR) is 98.5 cm³/mol. The minimum Gasteiger partial charge on any atom is -0.0651 e. The molecule has 0 bridgehead atoms. The summed E-state index contributed by atoms with van der Waals surface area (Å²) in [4.78, 5) is 0. The van der Waals surface area contributed by atoms with Gasteiger partial charge in [-0.25, -0.2) is 0 Å². The van der Waals surface area contributed by atoms with Crippen molar-refractivity contribution in [3.63, 3.8) is 0 Å². The van der Waals surface area contributed by atoms with Crippen molar-refractivity contribution < 1.29 is 0 Å². The van der Waals surface area contributed by atoms with Gasteiger partial charge in [0.1, 0.15) is 0 Å². The Hall–Kier alpha value is -0.260. The highest BCUT2D eigenvalue weighted by Gasteiger charge is 2.45. The van der Waals surface area contributed by atoms with Crippen molar-refractivity contribution in [3.05, 3.63) is 11.1 Å². The molecule has 0 aromatic carbocycles. The van der Waals surface area contributed by atoms with Crippen LogP contribution >= 0.6 is 0 Å². The van der Waals surface area contributed by atoms with Gasteiger partial charge in [0.2, 0.25) is 0 Å². The molecule has 0 aliphatic carbocycles. The van der Waals surface area contributed by atoms with Crippen LogP contribution < -0.4 is 0 Å². The fraction of sp³-hybridized carbons (Fsp3) is 0.905. The molecular formula is C21H42. The zero-order chi connectivity index (χ0) is 17.1. The Morgan fingerprint density at radius 3 is 0.905 bits per heavy atom. The molecule has 0 N–H and O–H groups in total. The van der Waals surface area contributed by atoms with Gasteiger partial charge in [-0.3, -0.25) is 0 Å². The number of hydrogen-bond acceptors (Lipinski definition) is 0. The summed E-state index contributed by atoms with van der Waals surface area (Å²) in [6.07, 6.45) is 0. The van der Waals surface area contributed by atoms with E-state index in [0.29, 0.717) is 40.9 Å². The first-order valence-corrected chi connectivity index (χ1v) is 9.16. The van der Waals surface area contributed by atoms with Crippen molar-refractivity contribution >= 4 is 0 Å². The lowest BCUT2D eigenvalue weighted by molar-refractivity contribution is 0.0801. The van der Waals surface area contributed by atoms with E-state index in [4.69, 9.17) is 0 Å². The first-order chi connectivity index (χ1) is 9.42. The second-order valence-electron chi connectivity index (χ2n) is 8.73. The highest BCUT2D eigenvalue weighted by atomic mass is 14.5. The lowest BCUT2D eigenvalue weighted by Crippen LogP contribution is -2.43. The molecule has 0 rings (SSSR count). The fourth-order valence-electron chi connectivity index (χ4n) is 5.31. The van der Waals surface area contributed by atoms with E-state index in [-0.39, 0.29) is 0 Å². The minimum absolute atomic E-state index is 0.304. The van der Waals surface area contributed by atoms with Crippen LogP contribution in [0.5, 0.6) is 0 Å². The zero-order valence-electron chi connectivity index (χ0n) is 17.0. The second-order valence-corrected chi connectivity index (χ2v) is 8.73. The summed E-state index contributed by atoms with van der Waals surface area (Å²) < 4.78 is 0. The Labute approximate surface area is 135 Å². The van der Waals surface area contributed by atoms with Crippen molar-refractivity contribution in [2.24, 2.45) is 40.9 Å². The standard InChI is InChI=1S/C21H42/c1-13(2)19(14(3)4)20(15(5)6)21(16(7)8,17(9)10)18(11)12/h13-18H,1-12H3. The third kappa shape index (κ3) is 3.93. The number of hydrogen-bond donors (Lipinski definition) is 0. The Morgan fingerprint density at radius 1 is 0.476 bits per heavy atom. The van der Waals surface area contributed by atoms with Crippen LogP contribution in [-0.4, -0.2) is 0 Å². The number of rotatable bonds is 7. The van der Waals surface area contributed by atoms with Crippen molar-refractivity contribution in [2.75, 3.05) is 0 Å². The van der Waals surface area contributed by atoms with Crippen LogP contribution in [-0.2, 0) is 0 Å². The summed E-state index contributed by atoms with van der Waals surface area (Å²) in [5.41, 5.74) is 3.77. The maximum atomic E-state index is 2.43. The van der Waals surface area contributed by atoms with Crippen LogP contribution in [0.2, 0.25) is 0 Å². The predicted octanol–water partition coefficient (Wildman–Crippen LogP) is 7.21. The Kier molecular flexibility index (Phi) is 7.74. The van der Waals surface area contributed by atoms with Gasteiger partial charge in [0.05, 0.1) is 0 Å². The van der Waals surface area contributed by atoms with Crippen LogP contribution in [0.15, 0.2) is 11.1 Å². The average Bonchev–Trinajstić information content (AvgIpc) is 2.25. The lowest BCUT2D eigenvalue weighted by atomic mass is 9.54. The summed E-state index contributed by atoms with van der Waals surface area (Å²) in [7, 11) is 0. The normalized spacial score (nSPS) is 13.4. The molecule has 0 fully saturated rings. The van der Waals surface area contributed by atoms with Crippen LogP contribution in [0.3, 0.4) is 0 Å². The molecule has 0 nitrogen and oxygen atoms in total. The van der Waals surface area contributed by atoms with Crippen LogP contribution in [0, 0.1) is 40.9 Å². The lowest BCUT2D eigenvalue weighted by Gasteiger charge is -2.51. The monoisotopic (exact) mass is 294 g/mol. The van der Waals surface area contributed by atoms with Crippen LogP contribution in [0.25, 0.3) is 0 Å². The van der Waals surface area contributed by atoms with E-state index in [1.807, 2.05) is 0 Å². The quantitative estimate of drug-likeness (QED) is 0.435. The Balaban J connectivity index is 6.68. The molecule has 0 heteroatoms. The van der Waals surface area contributed by atoms with Gasteiger partial charge >= 0.3 is 0 Å². The molecule has 0 atom stereocenters. The fourth-order valence-corrected chi connectivity index (χ4v) is 5.31. The van der Waals surface area contributed by atoms with Gasteiger partial charge in [0, 0.05) is 0 Å². The highest BCUT2D eigenvalue weighted by molar-refractivity contribution is 5.29. The van der Waals surface area contributed by atoms with Gasteiger partial charge in [0.15, 0.2) is 0 Å². The molecule has 0 saturated heterocycles. The molecule has 0 aliphatic heterocycles. The van der Waals surface area contributed by atoms with Crippen molar-refractivity contribution in [3.8, 4) is 0 Å². The zero-order valence-corrected chi connectivity index (χ0v) is 17.0. The van der Waals surface area contributed by atoms with Crippen LogP contribution in [0.4, 0.5) is 0 Å². The maximum absolute atomic E-state index is 2.43. The van der Waals surface area contributed by atoms with E-state index in [1.165, 1.54) is 0 Å². The third-order valence-corrected chi connectivity index (χ3v) is 5.46. The molecule has 0 aromatic heterocycles. The molecule has 0 unspecified atom stereocenters. The molecule has 0 spiro atoms. The smallest absolute Gasteiger partial charge is 0.00137 e. The van der Waals surface area contributed by atoms with Gasteiger partial charge in [-0.05, 0) is 40.9 Å². The van der Waals surface area contributed by atoms with Crippen molar-refractivity contribution in [2.45, 2.75) is 83.1 Å². The molecule has 0 aromatic rings. The van der Waals surface area contributed by atoms with Gasteiger partial charge < -0.3 is 0 Å². The molecule has 0 aliphatic rings. The van der Waals surface area contributed by atoms with Gasteiger partial charge in [-0.1, -0.05) is 94.2 Å². The minimum atomic E-state index is 0.304. The summed E-state index contributed by atoms with van der Waals surface area (Å²) in [5.74, 6) is 3.90. The summed E-state index contributed by atoms with van der Waals surface area (Å²) in [5, 5.41) is 0. The maximum Gasteiger partial charge on any atom is -0.00137 e. The topological polar surface area (TPSA) is 0 Å². The van der Waals surface area contributed by atoms with Crippen molar-refractivity contribution in [1.29, 1.82) is 0 Å². The molecule has 0 radical (unpaired) electrons. The molecule has 21 heavy (non-hydrogen) atoms.